The van der Waals surface area contributed by atoms with Gasteiger partial charge >= 0.3 is 0 Å². The standard InChI is InChI=1S/C12H16F2O3/c1-12(13,14)9-6-8(4-5-15)7-10(16-2)11(9)17-3/h6-7,15H,4-5H2,1-3H3. The van der Waals surface area contributed by atoms with Gasteiger partial charge in [-0.25, -0.2) is 8.78 Å². The van der Waals surface area contributed by atoms with Gasteiger partial charge in [0.25, 0.3) is 5.92 Å². The van der Waals surface area contributed by atoms with E-state index in [0.29, 0.717) is 12.0 Å². The fraction of sp³-hybridized carbons (Fsp3) is 0.500. The molecule has 0 fully saturated rings. The maximum atomic E-state index is 13.4. The second-order valence-electron chi connectivity index (χ2n) is 3.74. The summed E-state index contributed by atoms with van der Waals surface area (Å²) in [5.41, 5.74) is 0.351. The van der Waals surface area contributed by atoms with Crippen LogP contribution in [0.3, 0.4) is 0 Å². The van der Waals surface area contributed by atoms with Crippen molar-refractivity contribution in [3.05, 3.63) is 23.3 Å². The van der Waals surface area contributed by atoms with Gasteiger partial charge in [-0.15, -0.1) is 0 Å². The molecule has 0 amide bonds. The molecule has 1 N–H and O–H groups in total. The maximum Gasteiger partial charge on any atom is 0.274 e. The summed E-state index contributed by atoms with van der Waals surface area (Å²) in [6.07, 6.45) is 0.295. The molecule has 3 nitrogen and oxygen atoms in total. The van der Waals surface area contributed by atoms with Gasteiger partial charge in [-0.2, -0.15) is 0 Å². The predicted octanol–water partition coefficient (Wildman–Crippen LogP) is 2.35. The van der Waals surface area contributed by atoms with E-state index >= 15 is 0 Å². The first-order valence-electron chi connectivity index (χ1n) is 5.18. The van der Waals surface area contributed by atoms with Crippen molar-refractivity contribution in [3.63, 3.8) is 0 Å². The second-order valence-corrected chi connectivity index (χ2v) is 3.74. The van der Waals surface area contributed by atoms with Gasteiger partial charge in [-0.3, -0.25) is 0 Å². The number of alkyl halides is 2. The Morgan fingerprint density at radius 2 is 1.88 bits per heavy atom. The fourth-order valence-electron chi connectivity index (χ4n) is 1.62. The molecule has 1 aromatic carbocycles. The number of aliphatic hydroxyl groups is 1. The molecular weight excluding hydrogens is 230 g/mol. The minimum Gasteiger partial charge on any atom is -0.493 e. The zero-order chi connectivity index (χ0) is 13.1. The maximum absolute atomic E-state index is 13.4. The minimum absolute atomic E-state index is 0.0293. The highest BCUT2D eigenvalue weighted by Gasteiger charge is 2.31. The van der Waals surface area contributed by atoms with Crippen molar-refractivity contribution in [2.24, 2.45) is 0 Å². The van der Waals surface area contributed by atoms with Crippen LogP contribution >= 0.6 is 0 Å². The molecule has 0 saturated heterocycles. The lowest BCUT2D eigenvalue weighted by Crippen LogP contribution is -2.11. The van der Waals surface area contributed by atoms with Crippen LogP contribution < -0.4 is 9.47 Å². The lowest BCUT2D eigenvalue weighted by Gasteiger charge is -2.19. The molecule has 17 heavy (non-hydrogen) atoms. The van der Waals surface area contributed by atoms with Crippen LogP contribution in [0.4, 0.5) is 8.78 Å². The van der Waals surface area contributed by atoms with E-state index in [2.05, 4.69) is 0 Å². The molecular formula is C12H16F2O3. The molecule has 0 bridgehead atoms. The Bertz CT molecular complexity index is 386. The van der Waals surface area contributed by atoms with Gasteiger partial charge in [-0.05, 0) is 24.1 Å². The van der Waals surface area contributed by atoms with Crippen molar-refractivity contribution >= 4 is 0 Å². The quantitative estimate of drug-likeness (QED) is 0.866. The number of ether oxygens (including phenoxy) is 2. The van der Waals surface area contributed by atoms with E-state index in [-0.39, 0.29) is 23.7 Å². The highest BCUT2D eigenvalue weighted by Crippen LogP contribution is 2.41. The van der Waals surface area contributed by atoms with Crippen LogP contribution in [0.25, 0.3) is 0 Å². The number of rotatable bonds is 5. The third-order valence-electron chi connectivity index (χ3n) is 2.41. The van der Waals surface area contributed by atoms with Crippen LogP contribution in [-0.2, 0) is 12.3 Å². The van der Waals surface area contributed by atoms with Crippen LogP contribution in [0, 0.1) is 0 Å². The fourth-order valence-corrected chi connectivity index (χ4v) is 1.62. The van der Waals surface area contributed by atoms with E-state index < -0.39 is 5.92 Å². The largest absolute Gasteiger partial charge is 0.493 e. The van der Waals surface area contributed by atoms with Crippen LogP contribution in [0.2, 0.25) is 0 Å². The zero-order valence-electron chi connectivity index (χ0n) is 10.1. The minimum atomic E-state index is -3.02. The summed E-state index contributed by atoms with van der Waals surface area (Å²) in [7, 11) is 2.71. The highest BCUT2D eigenvalue weighted by atomic mass is 19.3. The average Bonchev–Trinajstić information content (AvgIpc) is 2.27. The summed E-state index contributed by atoms with van der Waals surface area (Å²) < 4.78 is 36.9. The monoisotopic (exact) mass is 246 g/mol. The second kappa shape index (κ2) is 5.31. The predicted molar refractivity (Wildman–Crippen MR) is 59.9 cm³/mol. The van der Waals surface area contributed by atoms with Gasteiger partial charge in [0.1, 0.15) is 0 Å². The number of aliphatic hydroxyl groups excluding tert-OH is 1. The molecule has 0 unspecified atom stereocenters. The van der Waals surface area contributed by atoms with Gasteiger partial charge in [0.15, 0.2) is 11.5 Å². The molecule has 0 heterocycles. The Kier molecular flexibility index (Phi) is 4.28. The van der Waals surface area contributed by atoms with Crippen LogP contribution in [0.5, 0.6) is 11.5 Å². The summed E-state index contributed by atoms with van der Waals surface area (Å²) in [5, 5.41) is 8.84. The number of methoxy groups -OCH3 is 2. The van der Waals surface area contributed by atoms with Crippen molar-refractivity contribution in [3.8, 4) is 11.5 Å². The van der Waals surface area contributed by atoms with Crippen molar-refractivity contribution in [1.29, 1.82) is 0 Å². The molecule has 0 atom stereocenters. The molecule has 0 spiro atoms. The van der Waals surface area contributed by atoms with Crippen LogP contribution in [-0.4, -0.2) is 25.9 Å². The number of hydrogen-bond donors (Lipinski definition) is 1. The lowest BCUT2D eigenvalue weighted by molar-refractivity contribution is 0.0146. The molecule has 0 aliphatic carbocycles. The van der Waals surface area contributed by atoms with Gasteiger partial charge in [-0.1, -0.05) is 0 Å². The van der Waals surface area contributed by atoms with E-state index in [0.717, 1.165) is 6.92 Å². The smallest absolute Gasteiger partial charge is 0.274 e. The summed E-state index contributed by atoms with van der Waals surface area (Å²) >= 11 is 0. The third-order valence-corrected chi connectivity index (χ3v) is 2.41. The number of hydrogen-bond acceptors (Lipinski definition) is 3. The van der Waals surface area contributed by atoms with Crippen LogP contribution in [0.15, 0.2) is 12.1 Å². The molecule has 0 saturated carbocycles. The first kappa shape index (κ1) is 13.7. The SMILES string of the molecule is COc1cc(CCO)cc(C(C)(F)F)c1OC. The first-order valence-corrected chi connectivity index (χ1v) is 5.18. The Hall–Kier alpha value is -1.36. The normalized spacial score (nSPS) is 11.4. The van der Waals surface area contributed by atoms with Crippen molar-refractivity contribution < 1.29 is 23.4 Å². The van der Waals surface area contributed by atoms with E-state index in [1.165, 1.54) is 20.3 Å². The molecule has 0 aliphatic rings. The van der Waals surface area contributed by atoms with Gasteiger partial charge in [0, 0.05) is 13.5 Å². The van der Waals surface area contributed by atoms with E-state index in [1.807, 2.05) is 0 Å². The van der Waals surface area contributed by atoms with Crippen molar-refractivity contribution in [2.45, 2.75) is 19.3 Å². The summed E-state index contributed by atoms with van der Waals surface area (Å²) in [4.78, 5) is 0. The zero-order valence-corrected chi connectivity index (χ0v) is 10.1. The van der Waals surface area contributed by atoms with Gasteiger partial charge < -0.3 is 14.6 Å². The Balaban J connectivity index is 3.37. The summed E-state index contributed by atoms with van der Waals surface area (Å²) in [6.45, 7) is 0.692. The molecule has 0 radical (unpaired) electrons. The van der Waals surface area contributed by atoms with Gasteiger partial charge in [0.05, 0.1) is 19.8 Å². The molecule has 1 aromatic rings. The first-order chi connectivity index (χ1) is 7.93. The number of halogens is 2. The average molecular weight is 246 g/mol. The molecule has 0 aliphatic heterocycles. The highest BCUT2D eigenvalue weighted by molar-refractivity contribution is 5.51. The molecule has 5 heteroatoms. The van der Waals surface area contributed by atoms with E-state index in [9.17, 15) is 8.78 Å². The van der Waals surface area contributed by atoms with E-state index in [4.69, 9.17) is 14.6 Å². The summed E-state index contributed by atoms with van der Waals surface area (Å²) in [6, 6.07) is 2.92. The van der Waals surface area contributed by atoms with Crippen molar-refractivity contribution in [2.75, 3.05) is 20.8 Å². The third kappa shape index (κ3) is 3.06. The van der Waals surface area contributed by atoms with Gasteiger partial charge in [0.2, 0.25) is 0 Å². The molecule has 1 rings (SSSR count). The Labute approximate surface area is 99.0 Å². The van der Waals surface area contributed by atoms with Crippen LogP contribution in [0.1, 0.15) is 18.1 Å². The topological polar surface area (TPSA) is 38.7 Å². The van der Waals surface area contributed by atoms with E-state index in [1.54, 1.807) is 6.07 Å². The summed E-state index contributed by atoms with van der Waals surface area (Å²) in [5.74, 6) is -2.75. The number of benzene rings is 1. The molecule has 96 valence electrons. The molecule has 0 aromatic heterocycles. The Morgan fingerprint density at radius 1 is 1.24 bits per heavy atom. The lowest BCUT2D eigenvalue weighted by atomic mass is 10.0. The van der Waals surface area contributed by atoms with Crippen molar-refractivity contribution in [1.82, 2.24) is 0 Å². The Morgan fingerprint density at radius 3 is 2.29 bits per heavy atom.